The van der Waals surface area contributed by atoms with Gasteiger partial charge in [-0.25, -0.2) is 8.78 Å². The zero-order valence-corrected chi connectivity index (χ0v) is 10.8. The summed E-state index contributed by atoms with van der Waals surface area (Å²) in [6.07, 6.45) is -0.590. The average Bonchev–Trinajstić information content (AvgIpc) is 2.68. The fourth-order valence-electron chi connectivity index (χ4n) is 1.82. The minimum atomic E-state index is -4.90. The maximum Gasteiger partial charge on any atom is 0.307 e. The van der Waals surface area contributed by atoms with Crippen molar-refractivity contribution in [3.05, 3.63) is 28.8 Å². The van der Waals surface area contributed by atoms with Crippen LogP contribution in [0.15, 0.2) is 12.1 Å². The molecule has 1 atom stereocenters. The van der Waals surface area contributed by atoms with Crippen LogP contribution in [0, 0.1) is 11.6 Å². The van der Waals surface area contributed by atoms with Gasteiger partial charge in [-0.3, -0.25) is 4.79 Å². The number of halogens is 4. The zero-order chi connectivity index (χ0) is 14.4. The number of benzene rings is 1. The van der Waals surface area contributed by atoms with Gasteiger partial charge >= 0.3 is 10.2 Å². The van der Waals surface area contributed by atoms with E-state index in [2.05, 4.69) is 0 Å². The van der Waals surface area contributed by atoms with Crippen molar-refractivity contribution in [2.75, 3.05) is 11.4 Å². The van der Waals surface area contributed by atoms with Gasteiger partial charge < -0.3 is 4.90 Å². The third-order valence-corrected chi connectivity index (χ3v) is 4.25. The Balaban J connectivity index is 2.39. The van der Waals surface area contributed by atoms with Crippen molar-refractivity contribution in [3.63, 3.8) is 0 Å². The van der Waals surface area contributed by atoms with E-state index >= 15 is 0 Å². The van der Waals surface area contributed by atoms with Crippen LogP contribution in [-0.2, 0) is 15.0 Å². The Hall–Kier alpha value is -1.28. The predicted molar refractivity (Wildman–Crippen MR) is 62.2 cm³/mol. The number of nitrogens with zero attached hydrogens (tertiary/aromatic N) is 1. The lowest BCUT2D eigenvalue weighted by Crippen LogP contribution is -2.27. The van der Waals surface area contributed by atoms with Gasteiger partial charge in [0.2, 0.25) is 5.91 Å². The first-order valence-corrected chi connectivity index (χ1v) is 6.91. The predicted octanol–water partition coefficient (Wildman–Crippen LogP) is 2.02. The molecule has 0 N–H and O–H groups in total. The molecule has 0 saturated carbocycles. The largest absolute Gasteiger partial charge is 0.308 e. The second-order valence-corrected chi connectivity index (χ2v) is 6.00. The van der Waals surface area contributed by atoms with Gasteiger partial charge in [-0.1, -0.05) is 11.6 Å². The van der Waals surface area contributed by atoms with Crippen LogP contribution in [0.5, 0.6) is 0 Å². The van der Waals surface area contributed by atoms with Crippen molar-refractivity contribution in [1.29, 1.82) is 0 Å². The molecule has 2 rings (SSSR count). The monoisotopic (exact) mass is 313 g/mol. The van der Waals surface area contributed by atoms with E-state index in [1.165, 1.54) is 0 Å². The molecule has 1 amide bonds. The standard InChI is InChI=1S/C10H7ClF3NO3S/c11-9-6(12)1-2-7(10(9)13)15-4-5(3-8(15)16)19(14,17)18/h1-2,5H,3-4H2. The summed E-state index contributed by atoms with van der Waals surface area (Å²) >= 11 is 5.35. The molecule has 9 heteroatoms. The topological polar surface area (TPSA) is 54.5 Å². The molecule has 1 fully saturated rings. The molecule has 1 aliphatic heterocycles. The van der Waals surface area contributed by atoms with Crippen LogP contribution >= 0.6 is 11.6 Å². The summed E-state index contributed by atoms with van der Waals surface area (Å²) in [7, 11) is -4.90. The molecule has 1 saturated heterocycles. The van der Waals surface area contributed by atoms with E-state index in [-0.39, 0.29) is 5.69 Å². The third-order valence-electron chi connectivity index (χ3n) is 2.79. The van der Waals surface area contributed by atoms with Crippen molar-refractivity contribution in [2.24, 2.45) is 0 Å². The van der Waals surface area contributed by atoms with Gasteiger partial charge in [0.15, 0.2) is 5.82 Å². The third kappa shape index (κ3) is 2.55. The highest BCUT2D eigenvalue weighted by molar-refractivity contribution is 7.87. The summed E-state index contributed by atoms with van der Waals surface area (Å²) < 4.78 is 61.0. The van der Waals surface area contributed by atoms with Crippen LogP contribution in [0.25, 0.3) is 0 Å². The van der Waals surface area contributed by atoms with Crippen LogP contribution in [0.1, 0.15) is 6.42 Å². The number of hydrogen-bond donors (Lipinski definition) is 0. The summed E-state index contributed by atoms with van der Waals surface area (Å²) in [5.74, 6) is -2.97. The van der Waals surface area contributed by atoms with E-state index in [1.54, 1.807) is 0 Å². The Morgan fingerprint density at radius 3 is 2.47 bits per heavy atom. The number of carbonyl (C=O) groups excluding carboxylic acids is 1. The molecular formula is C10H7ClF3NO3S. The molecule has 1 unspecified atom stereocenters. The second-order valence-electron chi connectivity index (χ2n) is 4.00. The summed E-state index contributed by atoms with van der Waals surface area (Å²) in [4.78, 5) is 12.3. The van der Waals surface area contributed by atoms with Crippen molar-refractivity contribution >= 4 is 33.4 Å². The van der Waals surface area contributed by atoms with Crippen molar-refractivity contribution < 1.29 is 25.9 Å². The molecule has 0 aromatic heterocycles. The highest BCUT2D eigenvalue weighted by Gasteiger charge is 2.40. The lowest BCUT2D eigenvalue weighted by molar-refractivity contribution is -0.117. The van der Waals surface area contributed by atoms with Gasteiger partial charge in [-0.15, -0.1) is 3.89 Å². The Morgan fingerprint density at radius 2 is 1.95 bits per heavy atom. The SMILES string of the molecule is O=C1CC(S(=O)(=O)F)CN1c1ccc(F)c(Cl)c1F. The number of anilines is 1. The smallest absolute Gasteiger partial charge is 0.307 e. The van der Waals surface area contributed by atoms with Gasteiger partial charge in [0.05, 0.1) is 5.69 Å². The minimum absolute atomic E-state index is 0.373. The van der Waals surface area contributed by atoms with Crippen LogP contribution < -0.4 is 4.90 Å². The van der Waals surface area contributed by atoms with Crippen LogP contribution in [0.2, 0.25) is 5.02 Å². The second kappa shape index (κ2) is 4.68. The number of rotatable bonds is 2. The maximum absolute atomic E-state index is 13.7. The highest BCUT2D eigenvalue weighted by Crippen LogP contribution is 2.32. The summed E-state index contributed by atoms with van der Waals surface area (Å²) in [5.41, 5.74) is -0.373. The molecule has 0 aliphatic carbocycles. The van der Waals surface area contributed by atoms with Gasteiger partial charge in [-0.2, -0.15) is 8.42 Å². The van der Waals surface area contributed by atoms with Crippen LogP contribution in [-0.4, -0.2) is 26.1 Å². The fourth-order valence-corrected chi connectivity index (χ4v) is 2.65. The molecule has 1 aromatic carbocycles. The molecule has 104 valence electrons. The van der Waals surface area contributed by atoms with E-state index in [1.807, 2.05) is 0 Å². The molecule has 0 spiro atoms. The molecule has 4 nitrogen and oxygen atoms in total. The van der Waals surface area contributed by atoms with E-state index in [9.17, 15) is 25.9 Å². The Bertz CT molecular complexity index is 650. The van der Waals surface area contributed by atoms with Crippen molar-refractivity contribution in [1.82, 2.24) is 0 Å². The fraction of sp³-hybridized carbons (Fsp3) is 0.300. The first-order chi connectivity index (χ1) is 8.71. The lowest BCUT2D eigenvalue weighted by Gasteiger charge is -2.17. The van der Waals surface area contributed by atoms with Gasteiger partial charge in [0.1, 0.15) is 16.1 Å². The summed E-state index contributed by atoms with van der Waals surface area (Å²) in [5, 5.41) is -2.36. The summed E-state index contributed by atoms with van der Waals surface area (Å²) in [6, 6.07) is 1.78. The van der Waals surface area contributed by atoms with Gasteiger partial charge in [0.25, 0.3) is 0 Å². The molecule has 0 bridgehead atoms. The first-order valence-electron chi connectivity index (χ1n) is 5.09. The Kier molecular flexibility index (Phi) is 3.48. The summed E-state index contributed by atoms with van der Waals surface area (Å²) in [6.45, 7) is -0.531. The van der Waals surface area contributed by atoms with E-state index in [4.69, 9.17) is 11.6 Å². The van der Waals surface area contributed by atoms with E-state index in [0.29, 0.717) is 0 Å². The van der Waals surface area contributed by atoms with E-state index in [0.717, 1.165) is 17.0 Å². The average molecular weight is 314 g/mol. The number of amides is 1. The normalized spacial score (nSPS) is 20.1. The van der Waals surface area contributed by atoms with Crippen LogP contribution in [0.3, 0.4) is 0 Å². The Labute approximate surface area is 112 Å². The van der Waals surface area contributed by atoms with Gasteiger partial charge in [0, 0.05) is 13.0 Å². The van der Waals surface area contributed by atoms with Crippen molar-refractivity contribution in [2.45, 2.75) is 11.7 Å². The first kappa shape index (κ1) is 14.1. The Morgan fingerprint density at radius 1 is 1.32 bits per heavy atom. The minimum Gasteiger partial charge on any atom is -0.308 e. The highest BCUT2D eigenvalue weighted by atomic mass is 35.5. The number of carbonyl (C=O) groups is 1. The zero-order valence-electron chi connectivity index (χ0n) is 9.24. The molecule has 1 aliphatic rings. The van der Waals surface area contributed by atoms with E-state index < -0.39 is 51.0 Å². The molecule has 1 heterocycles. The molecule has 1 aromatic rings. The number of hydrogen-bond acceptors (Lipinski definition) is 3. The maximum atomic E-state index is 13.7. The van der Waals surface area contributed by atoms with Gasteiger partial charge in [-0.05, 0) is 12.1 Å². The molecule has 19 heavy (non-hydrogen) atoms. The van der Waals surface area contributed by atoms with Crippen molar-refractivity contribution in [3.8, 4) is 0 Å². The molecular weight excluding hydrogens is 307 g/mol. The van der Waals surface area contributed by atoms with Crippen LogP contribution in [0.4, 0.5) is 18.4 Å². The molecule has 0 radical (unpaired) electrons. The quantitative estimate of drug-likeness (QED) is 0.620. The lowest BCUT2D eigenvalue weighted by atomic mass is 10.2.